The summed E-state index contributed by atoms with van der Waals surface area (Å²) in [5, 5.41) is 0. The van der Waals surface area contributed by atoms with E-state index in [1.54, 1.807) is 0 Å². The Morgan fingerprint density at radius 3 is 1.93 bits per heavy atom. The highest BCUT2D eigenvalue weighted by Gasteiger charge is 2.70. The van der Waals surface area contributed by atoms with E-state index >= 15 is 0 Å². The minimum Gasteiger partial charge on any atom is -0.299 e. The van der Waals surface area contributed by atoms with E-state index in [9.17, 15) is 4.79 Å². The second-order valence-corrected chi connectivity index (χ2v) is 13.5. The van der Waals surface area contributed by atoms with Crippen LogP contribution in [0.15, 0.2) is 0 Å². The van der Waals surface area contributed by atoms with Gasteiger partial charge in [-0.05, 0) is 103 Å². The third-order valence-corrected chi connectivity index (χ3v) is 12.5. The first-order chi connectivity index (χ1) is 13.0. The molecule has 0 unspecified atom stereocenters. The Bertz CT molecular complexity index is 692. The van der Waals surface area contributed by atoms with Gasteiger partial charge in [0.25, 0.3) is 0 Å². The van der Waals surface area contributed by atoms with Crippen LogP contribution in [0.3, 0.4) is 0 Å². The van der Waals surface area contributed by atoms with Gasteiger partial charge in [0.1, 0.15) is 5.78 Å². The van der Waals surface area contributed by atoms with Crippen LogP contribution in [0.1, 0.15) is 112 Å². The molecular formula is C27H44O. The number of Topliss-reactive ketones (excluding diaryl/α,β-unsaturated/α-hetero) is 1. The zero-order valence-electron chi connectivity index (χ0n) is 19.5. The fourth-order valence-electron chi connectivity index (χ4n) is 11.0. The van der Waals surface area contributed by atoms with Crippen molar-refractivity contribution < 1.29 is 4.79 Å². The minimum absolute atomic E-state index is 0.293. The van der Waals surface area contributed by atoms with E-state index in [0.717, 1.165) is 24.2 Å². The Hall–Kier alpha value is -0.330. The molecule has 1 nitrogen and oxygen atoms in total. The Balaban J connectivity index is 1.56. The Labute approximate surface area is 173 Å². The number of carbonyl (C=O) groups excluding carboxylic acids is 1. The van der Waals surface area contributed by atoms with Crippen LogP contribution in [-0.4, -0.2) is 5.78 Å². The molecule has 5 aliphatic rings. The lowest BCUT2D eigenvalue weighted by Gasteiger charge is -2.72. The molecule has 0 amide bonds. The predicted octanol–water partition coefficient (Wildman–Crippen LogP) is 7.43. The van der Waals surface area contributed by atoms with Crippen molar-refractivity contribution in [3.05, 3.63) is 0 Å². The number of rotatable bonds is 0. The van der Waals surface area contributed by atoms with Crippen molar-refractivity contribution in [2.45, 2.75) is 112 Å². The molecule has 8 atom stereocenters. The van der Waals surface area contributed by atoms with E-state index in [4.69, 9.17) is 0 Å². The van der Waals surface area contributed by atoms with Crippen LogP contribution in [0, 0.1) is 50.7 Å². The van der Waals surface area contributed by atoms with Crippen LogP contribution < -0.4 is 0 Å². The number of hydrogen-bond donors (Lipinski definition) is 0. The van der Waals surface area contributed by atoms with Crippen molar-refractivity contribution in [2.24, 2.45) is 50.7 Å². The average Bonchev–Trinajstić information content (AvgIpc) is 2.90. The maximum atomic E-state index is 12.7. The van der Waals surface area contributed by atoms with Crippen molar-refractivity contribution >= 4 is 5.78 Å². The lowest BCUT2D eigenvalue weighted by Crippen LogP contribution is -2.65. The molecule has 5 rings (SSSR count). The highest BCUT2D eigenvalue weighted by Crippen LogP contribution is 2.77. The second kappa shape index (κ2) is 5.67. The SMILES string of the molecule is CC1(C)CCC[C@]2(C)[C@H]3CC[C@@H]4[C@@]5(C)CCC(=O)[C@H]5CC[C@@]4(C)[C@]3(C)CC[C@@H]12. The molecule has 0 aromatic rings. The van der Waals surface area contributed by atoms with Crippen LogP contribution in [0.4, 0.5) is 0 Å². The molecule has 0 heterocycles. The van der Waals surface area contributed by atoms with Crippen LogP contribution in [0.5, 0.6) is 0 Å². The molecule has 0 bridgehead atoms. The van der Waals surface area contributed by atoms with Gasteiger partial charge < -0.3 is 0 Å². The van der Waals surface area contributed by atoms with Crippen molar-refractivity contribution in [1.82, 2.24) is 0 Å². The largest absolute Gasteiger partial charge is 0.299 e. The highest BCUT2D eigenvalue weighted by atomic mass is 16.1. The van der Waals surface area contributed by atoms with E-state index in [-0.39, 0.29) is 0 Å². The standard InChI is InChI=1S/C27H44O/c1-23(2)13-7-14-25(4)20(23)12-17-27(6)22(25)9-8-21-24(3)15-11-19(28)18(24)10-16-26(21,27)5/h18,20-22H,7-17H2,1-6H3/t18-,20+,21-,22-,24+,25+,26-,27-/m1/s1. The first kappa shape index (κ1) is 19.6. The summed E-state index contributed by atoms with van der Waals surface area (Å²) in [4.78, 5) is 12.7. The van der Waals surface area contributed by atoms with E-state index in [1.165, 1.54) is 64.2 Å². The summed E-state index contributed by atoms with van der Waals surface area (Å²) in [7, 11) is 0. The van der Waals surface area contributed by atoms with Crippen LogP contribution in [0.2, 0.25) is 0 Å². The van der Waals surface area contributed by atoms with Gasteiger partial charge in [0.2, 0.25) is 0 Å². The smallest absolute Gasteiger partial charge is 0.136 e. The maximum Gasteiger partial charge on any atom is 0.136 e. The molecule has 1 heteroatoms. The highest BCUT2D eigenvalue weighted by molar-refractivity contribution is 5.84. The van der Waals surface area contributed by atoms with Gasteiger partial charge in [-0.25, -0.2) is 0 Å². The molecule has 5 saturated carbocycles. The Morgan fingerprint density at radius 2 is 1.25 bits per heavy atom. The van der Waals surface area contributed by atoms with Gasteiger partial charge >= 0.3 is 0 Å². The number of carbonyl (C=O) groups is 1. The second-order valence-electron chi connectivity index (χ2n) is 13.5. The molecule has 0 N–H and O–H groups in total. The van der Waals surface area contributed by atoms with Crippen molar-refractivity contribution in [3.8, 4) is 0 Å². The first-order valence-electron chi connectivity index (χ1n) is 12.5. The summed E-state index contributed by atoms with van der Waals surface area (Å²) in [6, 6.07) is 0. The summed E-state index contributed by atoms with van der Waals surface area (Å²) in [5.41, 5.74) is 2.25. The monoisotopic (exact) mass is 384 g/mol. The van der Waals surface area contributed by atoms with Crippen LogP contribution in [-0.2, 0) is 4.79 Å². The number of ketones is 1. The third-order valence-electron chi connectivity index (χ3n) is 12.5. The summed E-state index contributed by atoms with van der Waals surface area (Å²) in [6.07, 6.45) is 14.5. The minimum atomic E-state index is 0.293. The molecule has 158 valence electrons. The van der Waals surface area contributed by atoms with Crippen molar-refractivity contribution in [1.29, 1.82) is 0 Å². The third kappa shape index (κ3) is 2.13. The molecule has 0 aromatic carbocycles. The fraction of sp³-hybridized carbons (Fsp3) is 0.963. The lowest BCUT2D eigenvalue weighted by atomic mass is 9.32. The van der Waals surface area contributed by atoms with E-state index in [0.29, 0.717) is 38.8 Å². The lowest BCUT2D eigenvalue weighted by molar-refractivity contribution is -0.238. The average molecular weight is 385 g/mol. The molecule has 0 spiro atoms. The molecule has 28 heavy (non-hydrogen) atoms. The molecule has 5 aliphatic carbocycles. The van der Waals surface area contributed by atoms with Gasteiger partial charge in [0, 0.05) is 12.3 Å². The van der Waals surface area contributed by atoms with Gasteiger partial charge in [-0.2, -0.15) is 0 Å². The first-order valence-corrected chi connectivity index (χ1v) is 12.5. The topological polar surface area (TPSA) is 17.1 Å². The maximum absolute atomic E-state index is 12.7. The van der Waals surface area contributed by atoms with Crippen molar-refractivity contribution in [2.75, 3.05) is 0 Å². The van der Waals surface area contributed by atoms with E-state index in [2.05, 4.69) is 41.5 Å². The van der Waals surface area contributed by atoms with Gasteiger partial charge in [-0.1, -0.05) is 48.0 Å². The van der Waals surface area contributed by atoms with Crippen molar-refractivity contribution in [3.63, 3.8) is 0 Å². The van der Waals surface area contributed by atoms with Gasteiger partial charge in [-0.3, -0.25) is 4.79 Å². The summed E-state index contributed by atoms with van der Waals surface area (Å²) >= 11 is 0. The normalized spacial score (nSPS) is 57.7. The van der Waals surface area contributed by atoms with E-state index in [1.807, 2.05) is 0 Å². The zero-order chi connectivity index (χ0) is 20.2. The number of hydrogen-bond acceptors (Lipinski definition) is 1. The Morgan fingerprint density at radius 1 is 0.643 bits per heavy atom. The molecule has 0 aromatic heterocycles. The summed E-state index contributed by atoms with van der Waals surface area (Å²) < 4.78 is 0. The van der Waals surface area contributed by atoms with Crippen LogP contribution >= 0.6 is 0 Å². The predicted molar refractivity (Wildman–Crippen MR) is 116 cm³/mol. The molecular weight excluding hydrogens is 340 g/mol. The zero-order valence-corrected chi connectivity index (χ0v) is 19.5. The van der Waals surface area contributed by atoms with Gasteiger partial charge in [-0.15, -0.1) is 0 Å². The Kier molecular flexibility index (Phi) is 3.97. The van der Waals surface area contributed by atoms with Crippen LogP contribution in [0.25, 0.3) is 0 Å². The van der Waals surface area contributed by atoms with E-state index < -0.39 is 0 Å². The van der Waals surface area contributed by atoms with Gasteiger partial charge in [0.15, 0.2) is 0 Å². The summed E-state index contributed by atoms with van der Waals surface area (Å²) in [5.74, 6) is 3.54. The molecule has 0 aliphatic heterocycles. The quantitative estimate of drug-likeness (QED) is 0.424. The fourth-order valence-corrected chi connectivity index (χ4v) is 11.0. The molecule has 5 fully saturated rings. The molecule has 0 saturated heterocycles. The summed E-state index contributed by atoms with van der Waals surface area (Å²) in [6.45, 7) is 15.8. The van der Waals surface area contributed by atoms with Gasteiger partial charge in [0.05, 0.1) is 0 Å². The number of fused-ring (bicyclic) bond motifs is 7. The molecule has 0 radical (unpaired) electrons.